The summed E-state index contributed by atoms with van der Waals surface area (Å²) in [5, 5.41) is 8.73. The van der Waals surface area contributed by atoms with Crippen LogP contribution < -0.4 is 5.32 Å². The highest BCUT2D eigenvalue weighted by molar-refractivity contribution is 5.90. The maximum Gasteiger partial charge on any atom is 0.248 e. The smallest absolute Gasteiger partial charge is 0.248 e. The van der Waals surface area contributed by atoms with Crippen molar-refractivity contribution in [2.75, 3.05) is 5.32 Å². The third-order valence-corrected chi connectivity index (χ3v) is 2.20. The van der Waals surface area contributed by atoms with Gasteiger partial charge in [0.05, 0.1) is 6.42 Å². The van der Waals surface area contributed by atoms with Crippen LogP contribution >= 0.6 is 0 Å². The highest BCUT2D eigenvalue weighted by Crippen LogP contribution is 2.09. The van der Waals surface area contributed by atoms with E-state index in [9.17, 15) is 13.6 Å². The average molecular weight is 252 g/mol. The molecule has 1 heterocycles. The molecule has 18 heavy (non-hydrogen) atoms. The molecule has 2 rings (SSSR count). The summed E-state index contributed by atoms with van der Waals surface area (Å²) >= 11 is 0. The van der Waals surface area contributed by atoms with Crippen LogP contribution in [0.15, 0.2) is 18.2 Å². The van der Waals surface area contributed by atoms with Crippen molar-refractivity contribution in [1.82, 2.24) is 15.2 Å². The van der Waals surface area contributed by atoms with Crippen LogP contribution in [-0.2, 0) is 11.2 Å². The number of hydrogen-bond donors (Lipinski definition) is 2. The molecule has 94 valence electrons. The van der Waals surface area contributed by atoms with Crippen molar-refractivity contribution < 1.29 is 13.6 Å². The summed E-state index contributed by atoms with van der Waals surface area (Å²) in [6.45, 7) is 1.69. The zero-order chi connectivity index (χ0) is 13.1. The first kappa shape index (κ1) is 12.2. The number of aryl methyl sites for hydroxylation is 1. The quantitative estimate of drug-likeness (QED) is 0.871. The van der Waals surface area contributed by atoms with Crippen molar-refractivity contribution in [2.45, 2.75) is 13.3 Å². The van der Waals surface area contributed by atoms with Crippen LogP contribution in [0.3, 0.4) is 0 Å². The highest BCUT2D eigenvalue weighted by atomic mass is 19.2. The van der Waals surface area contributed by atoms with Gasteiger partial charge in [-0.2, -0.15) is 4.98 Å². The summed E-state index contributed by atoms with van der Waals surface area (Å²) in [5.74, 6) is -1.60. The predicted molar refractivity (Wildman–Crippen MR) is 59.8 cm³/mol. The fourth-order valence-corrected chi connectivity index (χ4v) is 1.40. The lowest BCUT2D eigenvalue weighted by molar-refractivity contribution is -0.115. The first-order chi connectivity index (χ1) is 8.54. The minimum atomic E-state index is -0.978. The Bertz CT molecular complexity index is 582. The first-order valence-electron chi connectivity index (χ1n) is 5.17. The summed E-state index contributed by atoms with van der Waals surface area (Å²) in [5.41, 5.74) is 0.374. The van der Waals surface area contributed by atoms with E-state index in [1.807, 2.05) is 0 Å². The Morgan fingerprint density at radius 1 is 1.39 bits per heavy atom. The van der Waals surface area contributed by atoms with Gasteiger partial charge in [0, 0.05) is 0 Å². The number of halogens is 2. The zero-order valence-electron chi connectivity index (χ0n) is 9.50. The van der Waals surface area contributed by atoms with E-state index in [1.54, 1.807) is 6.92 Å². The molecule has 1 aromatic carbocycles. The topological polar surface area (TPSA) is 70.7 Å². The second kappa shape index (κ2) is 4.91. The highest BCUT2D eigenvalue weighted by Gasteiger charge is 2.09. The number of benzene rings is 1. The Morgan fingerprint density at radius 3 is 2.78 bits per heavy atom. The van der Waals surface area contributed by atoms with Crippen LogP contribution in [0.2, 0.25) is 0 Å². The molecule has 0 bridgehead atoms. The molecular formula is C11H10F2N4O. The van der Waals surface area contributed by atoms with Crippen molar-refractivity contribution in [1.29, 1.82) is 0 Å². The molecule has 0 aliphatic carbocycles. The number of anilines is 1. The van der Waals surface area contributed by atoms with Crippen LogP contribution in [0.4, 0.5) is 14.7 Å². The van der Waals surface area contributed by atoms with E-state index in [0.717, 1.165) is 12.1 Å². The van der Waals surface area contributed by atoms with Gasteiger partial charge in [0.1, 0.15) is 5.82 Å². The van der Waals surface area contributed by atoms with Gasteiger partial charge in [-0.1, -0.05) is 6.07 Å². The van der Waals surface area contributed by atoms with Crippen molar-refractivity contribution in [3.8, 4) is 0 Å². The van der Waals surface area contributed by atoms with Gasteiger partial charge in [-0.05, 0) is 24.6 Å². The van der Waals surface area contributed by atoms with Gasteiger partial charge in [-0.3, -0.25) is 15.2 Å². The van der Waals surface area contributed by atoms with Gasteiger partial charge in [-0.25, -0.2) is 8.78 Å². The van der Waals surface area contributed by atoms with Gasteiger partial charge in [-0.15, -0.1) is 5.10 Å². The number of aromatic amines is 1. The van der Waals surface area contributed by atoms with Gasteiger partial charge < -0.3 is 0 Å². The average Bonchev–Trinajstić information content (AvgIpc) is 2.69. The number of nitrogens with zero attached hydrogens (tertiary/aromatic N) is 2. The number of aromatic nitrogens is 3. The van der Waals surface area contributed by atoms with Crippen LogP contribution in [0.5, 0.6) is 0 Å². The van der Waals surface area contributed by atoms with Crippen molar-refractivity contribution in [2.24, 2.45) is 0 Å². The van der Waals surface area contributed by atoms with Crippen molar-refractivity contribution >= 4 is 11.9 Å². The standard InChI is InChI=1S/C11H10F2N4O/c1-6-14-11(17-16-6)15-10(18)5-7-2-3-8(12)9(13)4-7/h2-4H,5H2,1H3,(H2,14,15,16,17,18). The summed E-state index contributed by atoms with van der Waals surface area (Å²) in [4.78, 5) is 15.5. The van der Waals surface area contributed by atoms with E-state index in [1.165, 1.54) is 6.07 Å². The Balaban J connectivity index is 2.00. The zero-order valence-corrected chi connectivity index (χ0v) is 9.50. The van der Waals surface area contributed by atoms with Gasteiger partial charge in [0.25, 0.3) is 0 Å². The number of nitrogens with one attached hydrogen (secondary N) is 2. The summed E-state index contributed by atoms with van der Waals surface area (Å²) in [6.07, 6.45) is -0.0786. The number of carbonyl (C=O) groups is 1. The Labute approximate surface area is 101 Å². The minimum Gasteiger partial charge on any atom is -0.293 e. The Kier molecular flexibility index (Phi) is 3.31. The molecule has 0 aliphatic rings. The predicted octanol–water partition coefficient (Wildman–Crippen LogP) is 1.57. The molecule has 0 unspecified atom stereocenters. The molecule has 0 radical (unpaired) electrons. The lowest BCUT2D eigenvalue weighted by Gasteiger charge is -2.02. The number of amides is 1. The molecule has 1 aromatic heterocycles. The van der Waals surface area contributed by atoms with E-state index in [2.05, 4.69) is 20.5 Å². The minimum absolute atomic E-state index is 0.0786. The van der Waals surface area contributed by atoms with E-state index in [4.69, 9.17) is 0 Å². The van der Waals surface area contributed by atoms with Crippen LogP contribution in [0.25, 0.3) is 0 Å². The fraction of sp³-hybridized carbons (Fsp3) is 0.182. The first-order valence-corrected chi connectivity index (χ1v) is 5.17. The SMILES string of the molecule is Cc1nc(NC(=O)Cc2ccc(F)c(F)c2)n[nH]1. The van der Waals surface area contributed by atoms with Gasteiger partial charge >= 0.3 is 0 Å². The summed E-state index contributed by atoms with van der Waals surface area (Å²) in [7, 11) is 0. The second-order valence-electron chi connectivity index (χ2n) is 3.72. The number of hydrogen-bond acceptors (Lipinski definition) is 3. The van der Waals surface area contributed by atoms with Crippen molar-refractivity contribution in [3.63, 3.8) is 0 Å². The van der Waals surface area contributed by atoms with E-state index in [0.29, 0.717) is 11.4 Å². The van der Waals surface area contributed by atoms with Gasteiger partial charge in [0.2, 0.25) is 11.9 Å². The van der Waals surface area contributed by atoms with Crippen LogP contribution in [-0.4, -0.2) is 21.1 Å². The molecule has 1 amide bonds. The maximum absolute atomic E-state index is 12.9. The number of carbonyl (C=O) groups excluding carboxylic acids is 1. The van der Waals surface area contributed by atoms with E-state index in [-0.39, 0.29) is 12.4 Å². The lowest BCUT2D eigenvalue weighted by atomic mass is 10.1. The fourth-order valence-electron chi connectivity index (χ4n) is 1.40. The molecule has 2 aromatic rings. The summed E-state index contributed by atoms with van der Waals surface area (Å²) in [6, 6.07) is 3.31. The molecule has 5 nitrogen and oxygen atoms in total. The third kappa shape index (κ3) is 2.88. The molecule has 2 N–H and O–H groups in total. The monoisotopic (exact) mass is 252 g/mol. The number of H-pyrrole nitrogens is 1. The van der Waals surface area contributed by atoms with E-state index < -0.39 is 17.5 Å². The molecule has 0 aliphatic heterocycles. The molecule has 7 heteroatoms. The van der Waals surface area contributed by atoms with E-state index >= 15 is 0 Å². The van der Waals surface area contributed by atoms with Crippen molar-refractivity contribution in [3.05, 3.63) is 41.2 Å². The van der Waals surface area contributed by atoms with Crippen LogP contribution in [0.1, 0.15) is 11.4 Å². The molecule has 0 fully saturated rings. The lowest BCUT2D eigenvalue weighted by Crippen LogP contribution is -2.15. The maximum atomic E-state index is 12.9. The number of rotatable bonds is 3. The van der Waals surface area contributed by atoms with Crippen LogP contribution in [0, 0.1) is 18.6 Å². The third-order valence-electron chi connectivity index (χ3n) is 2.20. The molecular weight excluding hydrogens is 242 g/mol. The normalized spacial score (nSPS) is 10.4. The second-order valence-corrected chi connectivity index (χ2v) is 3.72. The molecule has 0 saturated heterocycles. The van der Waals surface area contributed by atoms with Gasteiger partial charge in [0.15, 0.2) is 11.6 Å². The Hall–Kier alpha value is -2.31. The molecule has 0 saturated carbocycles. The summed E-state index contributed by atoms with van der Waals surface area (Å²) < 4.78 is 25.6. The largest absolute Gasteiger partial charge is 0.293 e. The molecule has 0 spiro atoms. The Morgan fingerprint density at radius 2 is 2.17 bits per heavy atom. The molecule has 0 atom stereocenters.